The summed E-state index contributed by atoms with van der Waals surface area (Å²) in [6, 6.07) is 12.7. The molecule has 0 heterocycles. The van der Waals surface area contributed by atoms with Crippen LogP contribution >= 0.6 is 0 Å². The van der Waals surface area contributed by atoms with Crippen LogP contribution in [0.1, 0.15) is 45.7 Å². The van der Waals surface area contributed by atoms with E-state index in [9.17, 15) is 9.59 Å². The number of hydrogen-bond donors (Lipinski definition) is 0. The van der Waals surface area contributed by atoms with Crippen molar-refractivity contribution in [2.24, 2.45) is 0 Å². The van der Waals surface area contributed by atoms with Crippen LogP contribution < -0.4 is 4.48 Å². The van der Waals surface area contributed by atoms with E-state index in [0.29, 0.717) is 22.3 Å². The second-order valence-corrected chi connectivity index (χ2v) is 5.96. The van der Waals surface area contributed by atoms with Gasteiger partial charge in [-0.15, -0.1) is 0 Å². The molecule has 0 unspecified atom stereocenters. The van der Waals surface area contributed by atoms with Crippen LogP contribution in [0.4, 0.5) is 5.69 Å². The summed E-state index contributed by atoms with van der Waals surface area (Å²) in [7, 11) is 2.14. The third kappa shape index (κ3) is 2.01. The Kier molecular flexibility index (Phi) is 3.45. The summed E-state index contributed by atoms with van der Waals surface area (Å²) in [5.41, 5.74) is 3.15. The van der Waals surface area contributed by atoms with Gasteiger partial charge >= 0.3 is 0 Å². The molecular weight excluding hydrogens is 274 g/mol. The maximum Gasteiger partial charge on any atom is 0.194 e. The van der Waals surface area contributed by atoms with Crippen molar-refractivity contribution >= 4 is 17.3 Å². The molecule has 0 aromatic heterocycles. The molecule has 0 fully saturated rings. The summed E-state index contributed by atoms with van der Waals surface area (Å²) in [5, 5.41) is 0. The molecular formula is C19H20NO2+. The Labute approximate surface area is 130 Å². The largest absolute Gasteiger partial charge is 0.294 e. The van der Waals surface area contributed by atoms with E-state index in [4.69, 9.17) is 0 Å². The lowest BCUT2D eigenvalue weighted by Gasteiger charge is -2.32. The molecule has 2 aromatic carbocycles. The quantitative estimate of drug-likeness (QED) is 0.693. The normalized spacial score (nSPS) is 13.8. The highest BCUT2D eigenvalue weighted by molar-refractivity contribution is 6.28. The smallest absolute Gasteiger partial charge is 0.194 e. The maximum atomic E-state index is 12.8. The molecule has 0 N–H and O–H groups in total. The van der Waals surface area contributed by atoms with Crippen molar-refractivity contribution in [2.45, 2.75) is 13.8 Å². The highest BCUT2D eigenvalue weighted by Crippen LogP contribution is 2.31. The number of ketones is 2. The van der Waals surface area contributed by atoms with Gasteiger partial charge in [0, 0.05) is 28.3 Å². The first-order valence-electron chi connectivity index (χ1n) is 7.69. The van der Waals surface area contributed by atoms with Crippen LogP contribution in [0.15, 0.2) is 42.5 Å². The van der Waals surface area contributed by atoms with E-state index in [-0.39, 0.29) is 11.6 Å². The van der Waals surface area contributed by atoms with Crippen LogP contribution in [-0.2, 0) is 0 Å². The molecule has 0 saturated carbocycles. The highest BCUT2D eigenvalue weighted by Gasteiger charge is 2.31. The molecule has 3 rings (SSSR count). The van der Waals surface area contributed by atoms with Crippen molar-refractivity contribution in [1.82, 2.24) is 4.48 Å². The van der Waals surface area contributed by atoms with E-state index in [1.807, 2.05) is 18.2 Å². The first kappa shape index (κ1) is 14.7. The molecule has 0 bridgehead atoms. The summed E-state index contributed by atoms with van der Waals surface area (Å²) >= 11 is 0. The summed E-state index contributed by atoms with van der Waals surface area (Å²) in [4.78, 5) is 25.3. The van der Waals surface area contributed by atoms with Crippen LogP contribution in [0.3, 0.4) is 0 Å². The van der Waals surface area contributed by atoms with Crippen molar-refractivity contribution in [3.63, 3.8) is 0 Å². The van der Waals surface area contributed by atoms with Gasteiger partial charge in [-0.2, -0.15) is 0 Å². The lowest BCUT2D eigenvalue weighted by atomic mass is 9.84. The summed E-state index contributed by atoms with van der Waals surface area (Å²) in [6.07, 6.45) is 0. The minimum atomic E-state index is -0.0565. The lowest BCUT2D eigenvalue weighted by Crippen LogP contribution is -2.44. The van der Waals surface area contributed by atoms with Gasteiger partial charge in [-0.3, -0.25) is 14.1 Å². The highest BCUT2D eigenvalue weighted by atomic mass is 16.1. The Hall–Kier alpha value is -2.26. The Morgan fingerprint density at radius 3 is 1.82 bits per heavy atom. The van der Waals surface area contributed by atoms with Crippen molar-refractivity contribution in [2.75, 3.05) is 20.1 Å². The number of carbonyl (C=O) groups excluding carboxylic acids is 2. The van der Waals surface area contributed by atoms with E-state index >= 15 is 0 Å². The Morgan fingerprint density at radius 1 is 0.773 bits per heavy atom. The zero-order chi connectivity index (χ0) is 15.9. The SMILES string of the molecule is CC[N+](C)(CC)c1ccc2c(c1)C(=O)c1ccccc1C2=O. The van der Waals surface area contributed by atoms with Gasteiger partial charge in [0.1, 0.15) is 5.69 Å². The number of benzene rings is 2. The van der Waals surface area contributed by atoms with Crippen molar-refractivity contribution < 1.29 is 9.59 Å². The average molecular weight is 294 g/mol. The monoisotopic (exact) mass is 294 g/mol. The fourth-order valence-electron chi connectivity index (χ4n) is 3.01. The van der Waals surface area contributed by atoms with E-state index in [1.165, 1.54) is 0 Å². The first-order chi connectivity index (χ1) is 10.5. The van der Waals surface area contributed by atoms with Crippen molar-refractivity contribution in [3.05, 3.63) is 64.7 Å². The predicted octanol–water partition coefficient (Wildman–Crippen LogP) is 3.44. The van der Waals surface area contributed by atoms with Crippen LogP contribution in [0, 0.1) is 0 Å². The van der Waals surface area contributed by atoms with Gasteiger partial charge in [0.2, 0.25) is 0 Å². The maximum absolute atomic E-state index is 12.8. The Balaban J connectivity index is 2.18. The van der Waals surface area contributed by atoms with Crippen LogP contribution in [0.2, 0.25) is 0 Å². The standard InChI is InChI=1S/C19H20NO2/c1-4-20(3,5-2)13-10-11-16-17(12-13)19(22)15-9-7-6-8-14(15)18(16)21/h6-12H,4-5H2,1-3H3/q+1. The molecule has 0 aliphatic heterocycles. The molecule has 0 amide bonds. The fourth-order valence-corrected chi connectivity index (χ4v) is 3.01. The molecule has 0 spiro atoms. The first-order valence-corrected chi connectivity index (χ1v) is 7.69. The second-order valence-electron chi connectivity index (χ2n) is 5.96. The topological polar surface area (TPSA) is 34.1 Å². The Morgan fingerprint density at radius 2 is 1.27 bits per heavy atom. The molecule has 0 saturated heterocycles. The van der Waals surface area contributed by atoms with Gasteiger partial charge < -0.3 is 0 Å². The molecule has 3 heteroatoms. The van der Waals surface area contributed by atoms with Gasteiger partial charge in [0.25, 0.3) is 0 Å². The number of rotatable bonds is 3. The molecule has 2 aromatic rings. The molecule has 22 heavy (non-hydrogen) atoms. The van der Waals surface area contributed by atoms with Crippen LogP contribution in [-0.4, -0.2) is 31.7 Å². The van der Waals surface area contributed by atoms with Crippen LogP contribution in [0.25, 0.3) is 0 Å². The molecule has 0 atom stereocenters. The predicted molar refractivity (Wildman–Crippen MR) is 88.5 cm³/mol. The summed E-state index contributed by atoms with van der Waals surface area (Å²) in [5.74, 6) is -0.107. The average Bonchev–Trinajstić information content (AvgIpc) is 2.58. The fraction of sp³-hybridized carbons (Fsp3) is 0.263. The van der Waals surface area contributed by atoms with E-state index < -0.39 is 0 Å². The molecule has 112 valence electrons. The lowest BCUT2D eigenvalue weighted by molar-refractivity contribution is 0.0979. The number of carbonyl (C=O) groups is 2. The van der Waals surface area contributed by atoms with E-state index in [2.05, 4.69) is 20.9 Å². The minimum Gasteiger partial charge on any atom is -0.294 e. The molecule has 0 radical (unpaired) electrons. The van der Waals surface area contributed by atoms with Gasteiger partial charge in [-0.25, -0.2) is 0 Å². The third-order valence-electron chi connectivity index (χ3n) is 4.93. The Bertz CT molecular complexity index is 773. The summed E-state index contributed by atoms with van der Waals surface area (Å²) in [6.45, 7) is 6.14. The molecule has 1 aliphatic rings. The number of quaternary nitrogens is 1. The molecule has 1 aliphatic carbocycles. The summed E-state index contributed by atoms with van der Waals surface area (Å²) < 4.78 is 0.746. The third-order valence-corrected chi connectivity index (χ3v) is 4.93. The van der Waals surface area contributed by atoms with Gasteiger partial charge in [0.05, 0.1) is 20.1 Å². The number of nitrogens with zero attached hydrogens (tertiary/aromatic N) is 1. The zero-order valence-electron chi connectivity index (χ0n) is 13.2. The number of hydrogen-bond acceptors (Lipinski definition) is 2. The van der Waals surface area contributed by atoms with Gasteiger partial charge in [-0.05, 0) is 26.0 Å². The number of fused-ring (bicyclic) bond motifs is 2. The van der Waals surface area contributed by atoms with Crippen molar-refractivity contribution in [1.29, 1.82) is 0 Å². The van der Waals surface area contributed by atoms with Gasteiger partial charge in [0.15, 0.2) is 11.6 Å². The van der Waals surface area contributed by atoms with Gasteiger partial charge in [-0.1, -0.05) is 24.3 Å². The molecule has 3 nitrogen and oxygen atoms in total. The van der Waals surface area contributed by atoms with Crippen LogP contribution in [0.5, 0.6) is 0 Å². The minimum absolute atomic E-state index is 0.0502. The second kappa shape index (κ2) is 5.18. The van der Waals surface area contributed by atoms with Crippen molar-refractivity contribution in [3.8, 4) is 0 Å². The van der Waals surface area contributed by atoms with E-state index in [0.717, 1.165) is 23.3 Å². The zero-order valence-corrected chi connectivity index (χ0v) is 13.2. The van der Waals surface area contributed by atoms with E-state index in [1.54, 1.807) is 24.3 Å².